The van der Waals surface area contributed by atoms with Crippen molar-refractivity contribution < 1.29 is 14.3 Å². The Hall–Kier alpha value is -2.29. The molecule has 0 bridgehead atoms. The number of esters is 1. The van der Waals surface area contributed by atoms with Gasteiger partial charge in [-0.25, -0.2) is 0 Å². The fourth-order valence-corrected chi connectivity index (χ4v) is 2.81. The van der Waals surface area contributed by atoms with E-state index in [0.29, 0.717) is 11.7 Å². The average Bonchev–Trinajstić information content (AvgIpc) is 2.46. The third-order valence-electron chi connectivity index (χ3n) is 3.73. The van der Waals surface area contributed by atoms with Crippen LogP contribution in [0.1, 0.15) is 31.1 Å². The predicted molar refractivity (Wildman–Crippen MR) is 80.4 cm³/mol. The van der Waals surface area contributed by atoms with E-state index in [1.807, 2.05) is 30.3 Å². The van der Waals surface area contributed by atoms with E-state index < -0.39 is 0 Å². The highest BCUT2D eigenvalue weighted by molar-refractivity contribution is 5.69. The first-order valence-corrected chi connectivity index (χ1v) is 7.16. The Morgan fingerprint density at radius 3 is 2.67 bits per heavy atom. The normalized spacial score (nSPS) is 20.3. The second kappa shape index (κ2) is 5.60. The Morgan fingerprint density at radius 2 is 1.95 bits per heavy atom. The zero-order chi connectivity index (χ0) is 14.8. The van der Waals surface area contributed by atoms with E-state index in [-0.39, 0.29) is 12.1 Å². The van der Waals surface area contributed by atoms with Crippen molar-refractivity contribution in [1.29, 1.82) is 0 Å². The summed E-state index contributed by atoms with van der Waals surface area (Å²) < 4.78 is 11.3. The molecule has 0 aliphatic carbocycles. The maximum absolute atomic E-state index is 11.0. The van der Waals surface area contributed by atoms with Crippen LogP contribution in [0, 0.1) is 5.92 Å². The van der Waals surface area contributed by atoms with Crippen LogP contribution in [0.3, 0.4) is 0 Å². The molecule has 21 heavy (non-hydrogen) atoms. The predicted octanol–water partition coefficient (Wildman–Crippen LogP) is 3.92. The molecule has 0 amide bonds. The van der Waals surface area contributed by atoms with E-state index >= 15 is 0 Å². The lowest BCUT2D eigenvalue weighted by Gasteiger charge is -2.32. The van der Waals surface area contributed by atoms with E-state index in [9.17, 15) is 4.79 Å². The minimum atomic E-state index is -0.304. The minimum absolute atomic E-state index is 0.0678. The molecule has 0 aromatic heterocycles. The number of fused-ring (bicyclic) bond motifs is 1. The number of benzene rings is 2. The van der Waals surface area contributed by atoms with Gasteiger partial charge in [-0.15, -0.1) is 0 Å². The van der Waals surface area contributed by atoms with Gasteiger partial charge in [-0.1, -0.05) is 37.3 Å². The number of carbonyl (C=O) groups is 1. The zero-order valence-corrected chi connectivity index (χ0v) is 12.2. The van der Waals surface area contributed by atoms with Crippen LogP contribution >= 0.6 is 0 Å². The Labute approximate surface area is 124 Å². The van der Waals surface area contributed by atoms with Crippen LogP contribution < -0.4 is 9.47 Å². The molecule has 3 nitrogen and oxygen atoms in total. The van der Waals surface area contributed by atoms with Gasteiger partial charge in [0, 0.05) is 12.8 Å². The third-order valence-corrected chi connectivity index (χ3v) is 3.73. The fraction of sp³-hybridized carbons (Fsp3) is 0.278. The van der Waals surface area contributed by atoms with E-state index in [0.717, 1.165) is 17.7 Å². The molecule has 1 heterocycles. The summed E-state index contributed by atoms with van der Waals surface area (Å²) >= 11 is 0. The fourth-order valence-electron chi connectivity index (χ4n) is 2.81. The highest BCUT2D eigenvalue weighted by Crippen LogP contribution is 2.39. The molecule has 0 saturated heterocycles. The maximum atomic E-state index is 11.0. The van der Waals surface area contributed by atoms with Crippen LogP contribution in [0.25, 0.3) is 0 Å². The average molecular weight is 282 g/mol. The SMILES string of the molecule is CC(=O)Oc1ccc2c(c1)C[C@H](C)[C@H](c1ccccc1)O2. The molecule has 3 rings (SSSR count). The molecule has 0 fully saturated rings. The van der Waals surface area contributed by atoms with Gasteiger partial charge in [-0.2, -0.15) is 0 Å². The molecular formula is C18H18O3. The van der Waals surface area contributed by atoms with Gasteiger partial charge in [0.15, 0.2) is 0 Å². The van der Waals surface area contributed by atoms with Gasteiger partial charge in [0.05, 0.1) is 0 Å². The van der Waals surface area contributed by atoms with Crippen LogP contribution in [-0.4, -0.2) is 5.97 Å². The van der Waals surface area contributed by atoms with E-state index in [4.69, 9.17) is 9.47 Å². The number of rotatable bonds is 2. The van der Waals surface area contributed by atoms with Crippen LogP contribution in [-0.2, 0) is 11.2 Å². The summed E-state index contributed by atoms with van der Waals surface area (Å²) in [5.41, 5.74) is 2.29. The molecule has 3 heteroatoms. The van der Waals surface area contributed by atoms with Crippen LogP contribution in [0.2, 0.25) is 0 Å². The molecule has 2 aromatic rings. The summed E-state index contributed by atoms with van der Waals surface area (Å²) in [6.07, 6.45) is 0.975. The lowest BCUT2D eigenvalue weighted by atomic mass is 9.88. The molecule has 108 valence electrons. The van der Waals surface area contributed by atoms with Gasteiger partial charge in [0.2, 0.25) is 0 Å². The number of ether oxygens (including phenoxy) is 2. The second-order valence-electron chi connectivity index (χ2n) is 5.49. The highest BCUT2D eigenvalue weighted by atomic mass is 16.5. The van der Waals surface area contributed by atoms with Crippen molar-refractivity contribution >= 4 is 5.97 Å². The van der Waals surface area contributed by atoms with Gasteiger partial charge < -0.3 is 9.47 Å². The molecular weight excluding hydrogens is 264 g/mol. The van der Waals surface area contributed by atoms with Crippen LogP contribution in [0.4, 0.5) is 0 Å². The molecule has 0 radical (unpaired) electrons. The molecule has 2 aromatic carbocycles. The molecule has 2 atom stereocenters. The summed E-state index contributed by atoms with van der Waals surface area (Å²) in [4.78, 5) is 11.0. The largest absolute Gasteiger partial charge is 0.485 e. The summed E-state index contributed by atoms with van der Waals surface area (Å²) in [5, 5.41) is 0. The van der Waals surface area contributed by atoms with Gasteiger partial charge in [-0.05, 0) is 35.7 Å². The molecule has 0 N–H and O–H groups in total. The van der Waals surface area contributed by atoms with Crippen LogP contribution in [0.15, 0.2) is 48.5 Å². The van der Waals surface area contributed by atoms with Gasteiger partial charge >= 0.3 is 5.97 Å². The van der Waals surface area contributed by atoms with Crippen molar-refractivity contribution in [2.45, 2.75) is 26.4 Å². The molecule has 0 saturated carbocycles. The summed E-state index contributed by atoms with van der Waals surface area (Å²) in [5.74, 6) is 1.52. The molecule has 0 unspecified atom stereocenters. The van der Waals surface area contributed by atoms with Gasteiger partial charge in [0.1, 0.15) is 17.6 Å². The lowest BCUT2D eigenvalue weighted by molar-refractivity contribution is -0.131. The molecule has 0 spiro atoms. The molecule has 1 aliphatic heterocycles. The van der Waals surface area contributed by atoms with E-state index in [1.54, 1.807) is 6.07 Å². The van der Waals surface area contributed by atoms with Crippen LogP contribution in [0.5, 0.6) is 11.5 Å². The summed E-state index contributed by atoms with van der Waals surface area (Å²) in [7, 11) is 0. The Morgan fingerprint density at radius 1 is 1.19 bits per heavy atom. The Kier molecular flexibility index (Phi) is 3.65. The number of hydrogen-bond acceptors (Lipinski definition) is 3. The third kappa shape index (κ3) is 2.92. The number of carbonyl (C=O) groups excluding carboxylic acids is 1. The molecule has 1 aliphatic rings. The minimum Gasteiger partial charge on any atom is -0.485 e. The maximum Gasteiger partial charge on any atom is 0.308 e. The Bertz CT molecular complexity index is 649. The van der Waals surface area contributed by atoms with Gasteiger partial charge in [-0.3, -0.25) is 4.79 Å². The van der Waals surface area contributed by atoms with E-state index in [2.05, 4.69) is 19.1 Å². The highest BCUT2D eigenvalue weighted by Gasteiger charge is 2.28. The standard InChI is InChI=1S/C18H18O3/c1-12-10-15-11-16(20-13(2)19)8-9-17(15)21-18(12)14-6-4-3-5-7-14/h3-9,11-12,18H,10H2,1-2H3/t12-,18+/m0/s1. The second-order valence-corrected chi connectivity index (χ2v) is 5.49. The first-order chi connectivity index (χ1) is 10.1. The monoisotopic (exact) mass is 282 g/mol. The quantitative estimate of drug-likeness (QED) is 0.618. The Balaban J connectivity index is 1.87. The van der Waals surface area contributed by atoms with Crippen molar-refractivity contribution in [1.82, 2.24) is 0 Å². The van der Waals surface area contributed by atoms with E-state index in [1.165, 1.54) is 12.5 Å². The van der Waals surface area contributed by atoms with Crippen molar-refractivity contribution in [2.75, 3.05) is 0 Å². The summed E-state index contributed by atoms with van der Waals surface area (Å²) in [6.45, 7) is 3.59. The summed E-state index contributed by atoms with van der Waals surface area (Å²) in [6, 6.07) is 15.8. The van der Waals surface area contributed by atoms with Gasteiger partial charge in [0.25, 0.3) is 0 Å². The first-order valence-electron chi connectivity index (χ1n) is 7.16. The zero-order valence-electron chi connectivity index (χ0n) is 12.2. The van der Waals surface area contributed by atoms with Crippen molar-refractivity contribution in [3.05, 3.63) is 59.7 Å². The van der Waals surface area contributed by atoms with Crippen molar-refractivity contribution in [3.8, 4) is 11.5 Å². The van der Waals surface area contributed by atoms with Crippen molar-refractivity contribution in [2.24, 2.45) is 5.92 Å². The smallest absolute Gasteiger partial charge is 0.308 e. The lowest BCUT2D eigenvalue weighted by Crippen LogP contribution is -2.23. The number of hydrogen-bond donors (Lipinski definition) is 0. The topological polar surface area (TPSA) is 35.5 Å². The van der Waals surface area contributed by atoms with Crippen molar-refractivity contribution in [3.63, 3.8) is 0 Å². The first kappa shape index (κ1) is 13.7.